The summed E-state index contributed by atoms with van der Waals surface area (Å²) < 4.78 is 19.8. The molecule has 0 aliphatic heterocycles. The van der Waals surface area contributed by atoms with E-state index in [1.54, 1.807) is 24.4 Å². The summed E-state index contributed by atoms with van der Waals surface area (Å²) in [5.74, 6) is 0.270. The second-order valence-corrected chi connectivity index (χ2v) is 5.94. The molecular formula is C21H16FN3O. The summed E-state index contributed by atoms with van der Waals surface area (Å²) in [5, 5.41) is 0.961. The van der Waals surface area contributed by atoms with Crippen molar-refractivity contribution in [2.24, 2.45) is 0 Å². The van der Waals surface area contributed by atoms with Crippen molar-refractivity contribution in [1.29, 1.82) is 0 Å². The summed E-state index contributed by atoms with van der Waals surface area (Å²) in [6.07, 6.45) is 1.77. The first kappa shape index (κ1) is 16.1. The number of ether oxygens (including phenoxy) is 1. The molecule has 0 amide bonds. The smallest absolute Gasteiger partial charge is 0.178 e. The lowest BCUT2D eigenvalue weighted by atomic mass is 10.0. The summed E-state index contributed by atoms with van der Waals surface area (Å²) in [7, 11) is 1.45. The summed E-state index contributed by atoms with van der Waals surface area (Å²) in [6.45, 7) is 1.90. The fourth-order valence-corrected chi connectivity index (χ4v) is 2.87. The third kappa shape index (κ3) is 2.77. The average molecular weight is 345 g/mol. The van der Waals surface area contributed by atoms with Crippen LogP contribution >= 0.6 is 0 Å². The maximum atomic E-state index is 14.7. The van der Waals surface area contributed by atoms with Gasteiger partial charge in [-0.05, 0) is 36.8 Å². The van der Waals surface area contributed by atoms with Gasteiger partial charge < -0.3 is 4.74 Å². The van der Waals surface area contributed by atoms with Crippen molar-refractivity contribution in [3.05, 3.63) is 72.2 Å². The first-order valence-electron chi connectivity index (χ1n) is 8.20. The SMILES string of the molecule is COc1cccc(-c2nc(-c3ncc4ccccc4n3)ccc2C)c1F. The van der Waals surface area contributed by atoms with Crippen molar-refractivity contribution < 1.29 is 9.13 Å². The molecule has 0 bridgehead atoms. The van der Waals surface area contributed by atoms with E-state index in [4.69, 9.17) is 4.74 Å². The Bertz CT molecular complexity index is 1110. The lowest BCUT2D eigenvalue weighted by Gasteiger charge is -2.11. The maximum Gasteiger partial charge on any atom is 0.178 e. The summed E-state index contributed by atoms with van der Waals surface area (Å²) >= 11 is 0. The zero-order valence-electron chi connectivity index (χ0n) is 14.4. The molecule has 0 N–H and O–H groups in total. The Hall–Kier alpha value is -3.34. The van der Waals surface area contributed by atoms with E-state index in [1.807, 2.05) is 43.3 Å². The molecule has 0 radical (unpaired) electrons. The third-order valence-electron chi connectivity index (χ3n) is 4.25. The highest BCUT2D eigenvalue weighted by molar-refractivity contribution is 5.79. The normalized spacial score (nSPS) is 10.9. The van der Waals surface area contributed by atoms with Crippen LogP contribution < -0.4 is 4.74 Å². The minimum absolute atomic E-state index is 0.191. The van der Waals surface area contributed by atoms with E-state index in [1.165, 1.54) is 7.11 Å². The molecule has 26 heavy (non-hydrogen) atoms. The number of hydrogen-bond acceptors (Lipinski definition) is 4. The van der Waals surface area contributed by atoms with Crippen LogP contribution in [0.4, 0.5) is 4.39 Å². The lowest BCUT2D eigenvalue weighted by molar-refractivity contribution is 0.387. The Labute approximate surface area is 150 Å². The van der Waals surface area contributed by atoms with E-state index >= 15 is 0 Å². The minimum Gasteiger partial charge on any atom is -0.494 e. The first-order valence-corrected chi connectivity index (χ1v) is 8.20. The Balaban J connectivity index is 1.86. The molecular weight excluding hydrogens is 329 g/mol. The van der Waals surface area contributed by atoms with E-state index < -0.39 is 5.82 Å². The second kappa shape index (κ2) is 6.52. The van der Waals surface area contributed by atoms with Gasteiger partial charge in [0.15, 0.2) is 17.4 Å². The van der Waals surface area contributed by atoms with Crippen LogP contribution in [0.2, 0.25) is 0 Å². The van der Waals surface area contributed by atoms with E-state index in [2.05, 4.69) is 15.0 Å². The number of fused-ring (bicyclic) bond motifs is 1. The van der Waals surface area contributed by atoms with Gasteiger partial charge >= 0.3 is 0 Å². The summed E-state index contributed by atoms with van der Waals surface area (Å²) in [6, 6.07) is 16.5. The van der Waals surface area contributed by atoms with E-state index in [0.717, 1.165) is 16.5 Å². The number of aryl methyl sites for hydroxylation is 1. The van der Waals surface area contributed by atoms with E-state index in [-0.39, 0.29) is 5.75 Å². The van der Waals surface area contributed by atoms with Gasteiger partial charge in [-0.2, -0.15) is 0 Å². The number of aromatic nitrogens is 3. The number of rotatable bonds is 3. The molecule has 128 valence electrons. The number of pyridine rings is 1. The largest absolute Gasteiger partial charge is 0.494 e. The zero-order valence-corrected chi connectivity index (χ0v) is 14.4. The molecule has 0 saturated carbocycles. The Morgan fingerprint density at radius 1 is 0.923 bits per heavy atom. The number of methoxy groups -OCH3 is 1. The van der Waals surface area contributed by atoms with Crippen molar-refractivity contribution >= 4 is 10.9 Å². The van der Waals surface area contributed by atoms with Crippen LogP contribution in [-0.4, -0.2) is 22.1 Å². The van der Waals surface area contributed by atoms with Crippen molar-refractivity contribution in [3.63, 3.8) is 0 Å². The van der Waals surface area contributed by atoms with Crippen LogP contribution in [0.5, 0.6) is 5.75 Å². The Kier molecular flexibility index (Phi) is 4.05. The molecule has 4 rings (SSSR count). The highest BCUT2D eigenvalue weighted by Gasteiger charge is 2.15. The van der Waals surface area contributed by atoms with Gasteiger partial charge in [-0.3, -0.25) is 0 Å². The van der Waals surface area contributed by atoms with Crippen LogP contribution in [0.1, 0.15) is 5.56 Å². The maximum absolute atomic E-state index is 14.7. The van der Waals surface area contributed by atoms with Crippen molar-refractivity contribution in [3.8, 4) is 28.5 Å². The topological polar surface area (TPSA) is 47.9 Å². The number of para-hydroxylation sites is 1. The Morgan fingerprint density at radius 2 is 1.77 bits per heavy atom. The second-order valence-electron chi connectivity index (χ2n) is 5.94. The minimum atomic E-state index is -0.429. The average Bonchev–Trinajstić information content (AvgIpc) is 2.68. The zero-order chi connectivity index (χ0) is 18.1. The number of benzene rings is 2. The standard InChI is InChI=1S/C21H16FN3O/c1-13-10-11-17(21-23-12-14-6-3-4-8-16(14)25-21)24-20(13)15-7-5-9-18(26-2)19(15)22/h3-12H,1-2H3. The van der Waals surface area contributed by atoms with Crippen molar-refractivity contribution in [2.45, 2.75) is 6.92 Å². The van der Waals surface area contributed by atoms with Gasteiger partial charge in [0.2, 0.25) is 0 Å². The molecule has 4 nitrogen and oxygen atoms in total. The highest BCUT2D eigenvalue weighted by Crippen LogP contribution is 2.31. The number of nitrogens with zero attached hydrogens (tertiary/aromatic N) is 3. The summed E-state index contributed by atoms with van der Waals surface area (Å²) in [5.41, 5.74) is 3.24. The molecule has 0 aliphatic carbocycles. The molecule has 0 atom stereocenters. The molecule has 4 aromatic rings. The monoisotopic (exact) mass is 345 g/mol. The molecule has 5 heteroatoms. The molecule has 2 heterocycles. The molecule has 0 saturated heterocycles. The van der Waals surface area contributed by atoms with Gasteiger partial charge in [0.1, 0.15) is 5.69 Å². The van der Waals surface area contributed by atoms with Crippen LogP contribution in [0.25, 0.3) is 33.7 Å². The molecule has 0 fully saturated rings. The number of hydrogen-bond donors (Lipinski definition) is 0. The van der Waals surface area contributed by atoms with Crippen LogP contribution in [0.15, 0.2) is 60.8 Å². The van der Waals surface area contributed by atoms with Crippen molar-refractivity contribution in [2.75, 3.05) is 7.11 Å². The molecule has 0 spiro atoms. The fourth-order valence-electron chi connectivity index (χ4n) is 2.87. The van der Waals surface area contributed by atoms with Crippen LogP contribution in [-0.2, 0) is 0 Å². The molecule has 0 unspecified atom stereocenters. The van der Waals surface area contributed by atoms with E-state index in [0.29, 0.717) is 22.8 Å². The van der Waals surface area contributed by atoms with Crippen LogP contribution in [0.3, 0.4) is 0 Å². The summed E-state index contributed by atoms with van der Waals surface area (Å²) in [4.78, 5) is 13.6. The lowest BCUT2D eigenvalue weighted by Crippen LogP contribution is -1.98. The quantitative estimate of drug-likeness (QED) is 0.534. The fraction of sp³-hybridized carbons (Fsp3) is 0.0952. The van der Waals surface area contributed by atoms with Gasteiger partial charge in [-0.15, -0.1) is 0 Å². The van der Waals surface area contributed by atoms with Gasteiger partial charge in [0, 0.05) is 17.1 Å². The third-order valence-corrected chi connectivity index (χ3v) is 4.25. The number of halogens is 1. The predicted octanol–water partition coefficient (Wildman–Crippen LogP) is 4.81. The van der Waals surface area contributed by atoms with Gasteiger partial charge in [-0.1, -0.05) is 30.3 Å². The molecule has 0 aliphatic rings. The first-order chi connectivity index (χ1) is 12.7. The van der Waals surface area contributed by atoms with Crippen LogP contribution in [0, 0.1) is 12.7 Å². The molecule has 2 aromatic heterocycles. The van der Waals surface area contributed by atoms with Gasteiger partial charge in [0.05, 0.1) is 18.3 Å². The van der Waals surface area contributed by atoms with Crippen molar-refractivity contribution in [1.82, 2.24) is 15.0 Å². The van der Waals surface area contributed by atoms with Gasteiger partial charge in [-0.25, -0.2) is 19.3 Å². The highest BCUT2D eigenvalue weighted by atomic mass is 19.1. The van der Waals surface area contributed by atoms with E-state index in [9.17, 15) is 4.39 Å². The molecule has 2 aromatic carbocycles. The predicted molar refractivity (Wildman–Crippen MR) is 99.5 cm³/mol. The van der Waals surface area contributed by atoms with Gasteiger partial charge in [0.25, 0.3) is 0 Å². The Morgan fingerprint density at radius 3 is 2.62 bits per heavy atom.